The Kier molecular flexibility index (Phi) is 5.66. The zero-order valence-corrected chi connectivity index (χ0v) is 19.1. The molecule has 0 aliphatic heterocycles. The lowest BCUT2D eigenvalue weighted by atomic mass is 9.78. The van der Waals surface area contributed by atoms with Crippen molar-refractivity contribution in [2.45, 2.75) is 26.2 Å². The molecule has 0 saturated heterocycles. The lowest BCUT2D eigenvalue weighted by Crippen LogP contribution is -2.37. The number of carboxylic acids is 1. The van der Waals surface area contributed by atoms with Gasteiger partial charge in [-0.25, -0.2) is 4.79 Å². The van der Waals surface area contributed by atoms with Crippen LogP contribution in [0.1, 0.15) is 36.5 Å². The summed E-state index contributed by atoms with van der Waals surface area (Å²) in [5.41, 5.74) is 1.91. The van der Waals surface area contributed by atoms with E-state index in [1.165, 1.54) is 11.3 Å². The molecule has 1 aromatic heterocycles. The molecule has 5 rings (SSSR count). The maximum atomic E-state index is 13.3. The molecular weight excluding hydrogens is 438 g/mol. The van der Waals surface area contributed by atoms with Gasteiger partial charge in [0, 0.05) is 10.9 Å². The highest BCUT2D eigenvalue weighted by molar-refractivity contribution is 7.15. The first-order valence-corrected chi connectivity index (χ1v) is 12.2. The van der Waals surface area contributed by atoms with E-state index in [1.54, 1.807) is 6.92 Å². The maximum Gasteiger partial charge on any atom is 0.341 e. The van der Waals surface area contributed by atoms with Gasteiger partial charge in [0.2, 0.25) is 5.91 Å². The van der Waals surface area contributed by atoms with E-state index in [4.69, 9.17) is 4.74 Å². The summed E-state index contributed by atoms with van der Waals surface area (Å²) in [6, 6.07) is 13.8. The van der Waals surface area contributed by atoms with Gasteiger partial charge >= 0.3 is 11.9 Å². The fourth-order valence-electron chi connectivity index (χ4n) is 5.73. The van der Waals surface area contributed by atoms with Crippen LogP contribution in [0.15, 0.2) is 47.8 Å². The lowest BCUT2D eigenvalue weighted by molar-refractivity contribution is -0.148. The number of hydrogen-bond acceptors (Lipinski definition) is 5. The Morgan fingerprint density at radius 2 is 1.76 bits per heavy atom. The second-order valence-corrected chi connectivity index (χ2v) is 9.69. The van der Waals surface area contributed by atoms with Crippen molar-refractivity contribution in [2.24, 2.45) is 23.7 Å². The third-order valence-electron chi connectivity index (χ3n) is 7.09. The van der Waals surface area contributed by atoms with Crippen LogP contribution in [-0.4, -0.2) is 29.6 Å². The topological polar surface area (TPSA) is 92.7 Å². The summed E-state index contributed by atoms with van der Waals surface area (Å²) in [6.07, 6.45) is 2.53. The number of fused-ring (bicyclic) bond motifs is 3. The summed E-state index contributed by atoms with van der Waals surface area (Å²) in [5, 5.41) is 17.0. The summed E-state index contributed by atoms with van der Waals surface area (Å²) in [6.45, 7) is 1.96. The first-order valence-electron chi connectivity index (χ1n) is 11.3. The number of hydrogen-bond donors (Lipinski definition) is 2. The number of anilines is 1. The van der Waals surface area contributed by atoms with Crippen molar-refractivity contribution in [2.75, 3.05) is 11.9 Å². The van der Waals surface area contributed by atoms with Crippen LogP contribution in [-0.2, 0) is 14.3 Å². The summed E-state index contributed by atoms with van der Waals surface area (Å²) in [4.78, 5) is 38.2. The number of aliphatic carboxylic acids is 1. The van der Waals surface area contributed by atoms with E-state index in [9.17, 15) is 19.5 Å². The first kappa shape index (κ1) is 21.6. The van der Waals surface area contributed by atoms with Gasteiger partial charge in [-0.3, -0.25) is 9.59 Å². The molecule has 2 bridgehead atoms. The summed E-state index contributed by atoms with van der Waals surface area (Å²) in [7, 11) is 0. The smallest absolute Gasteiger partial charge is 0.341 e. The van der Waals surface area contributed by atoms with Gasteiger partial charge in [-0.05, 0) is 54.4 Å². The molecule has 33 heavy (non-hydrogen) atoms. The van der Waals surface area contributed by atoms with Gasteiger partial charge in [0.1, 0.15) is 10.6 Å². The monoisotopic (exact) mass is 463 g/mol. The van der Waals surface area contributed by atoms with Gasteiger partial charge in [-0.2, -0.15) is 0 Å². The van der Waals surface area contributed by atoms with Crippen molar-refractivity contribution < 1.29 is 24.2 Å². The molecule has 1 amide bonds. The first-order chi connectivity index (χ1) is 16.0. The van der Waals surface area contributed by atoms with Gasteiger partial charge < -0.3 is 15.2 Å². The van der Waals surface area contributed by atoms with E-state index in [1.807, 2.05) is 47.8 Å². The third-order valence-corrected chi connectivity index (χ3v) is 7.99. The number of amides is 1. The fraction of sp³-hybridized carbons (Fsp3) is 0.346. The van der Waals surface area contributed by atoms with Crippen LogP contribution in [0.2, 0.25) is 0 Å². The highest BCUT2D eigenvalue weighted by Gasteiger charge is 2.54. The quantitative estimate of drug-likeness (QED) is 0.476. The van der Waals surface area contributed by atoms with E-state index >= 15 is 0 Å². The number of ether oxygens (including phenoxy) is 1. The molecule has 0 spiro atoms. The zero-order chi connectivity index (χ0) is 23.1. The number of thiophene rings is 1. The van der Waals surface area contributed by atoms with Gasteiger partial charge in [-0.15, -0.1) is 11.3 Å². The Labute approximate surface area is 195 Å². The predicted molar refractivity (Wildman–Crippen MR) is 127 cm³/mol. The molecule has 1 heterocycles. The molecular formula is C26H25NO5S. The molecule has 6 nitrogen and oxygen atoms in total. The molecule has 2 saturated carbocycles. The molecule has 2 N–H and O–H groups in total. The van der Waals surface area contributed by atoms with Crippen LogP contribution in [0, 0.1) is 23.7 Å². The van der Waals surface area contributed by atoms with E-state index in [-0.39, 0.29) is 24.3 Å². The largest absolute Gasteiger partial charge is 0.481 e. The molecule has 2 fully saturated rings. The van der Waals surface area contributed by atoms with E-state index in [2.05, 4.69) is 5.32 Å². The fourth-order valence-corrected chi connectivity index (χ4v) is 6.68. The number of rotatable bonds is 6. The van der Waals surface area contributed by atoms with Gasteiger partial charge in [0.25, 0.3) is 0 Å². The molecule has 3 aromatic rings. The van der Waals surface area contributed by atoms with E-state index in [0.29, 0.717) is 16.1 Å². The molecule has 2 aromatic carbocycles. The van der Waals surface area contributed by atoms with Crippen LogP contribution in [0.3, 0.4) is 0 Å². The maximum absolute atomic E-state index is 13.3. The van der Waals surface area contributed by atoms with Gasteiger partial charge in [-0.1, -0.05) is 42.5 Å². The van der Waals surface area contributed by atoms with Crippen LogP contribution in [0.4, 0.5) is 5.00 Å². The van der Waals surface area contributed by atoms with Gasteiger partial charge in [0.05, 0.1) is 18.4 Å². The van der Waals surface area contributed by atoms with Crippen molar-refractivity contribution in [3.63, 3.8) is 0 Å². The second kappa shape index (κ2) is 8.63. The SMILES string of the molecule is CCOC(=O)c1c(-c2cccc3ccccc23)csc1NC(=O)[C@H]1[C@H]2CC[C@@H](C2)[C@H]1C(=O)O. The van der Waals surface area contributed by atoms with Crippen LogP contribution < -0.4 is 5.32 Å². The minimum Gasteiger partial charge on any atom is -0.481 e. The zero-order valence-electron chi connectivity index (χ0n) is 18.2. The normalized spacial score (nSPS) is 23.5. The second-order valence-electron chi connectivity index (χ2n) is 8.81. The lowest BCUT2D eigenvalue weighted by Gasteiger charge is -2.27. The third kappa shape index (κ3) is 3.70. The Bertz CT molecular complexity index is 1240. The van der Waals surface area contributed by atoms with Crippen molar-refractivity contribution in [3.05, 3.63) is 53.4 Å². The predicted octanol–water partition coefficient (Wildman–Crippen LogP) is 5.43. The highest BCUT2D eigenvalue weighted by Crippen LogP contribution is 2.53. The number of nitrogens with one attached hydrogen (secondary N) is 1. The number of carbonyl (C=O) groups excluding carboxylic acids is 2. The summed E-state index contributed by atoms with van der Waals surface area (Å²) < 4.78 is 5.34. The molecule has 2 aliphatic carbocycles. The average molecular weight is 464 g/mol. The van der Waals surface area contributed by atoms with Crippen LogP contribution in [0.5, 0.6) is 0 Å². The van der Waals surface area contributed by atoms with Crippen LogP contribution >= 0.6 is 11.3 Å². The Hall–Kier alpha value is -3.19. The number of carboxylic acid groups (broad SMARTS) is 1. The molecule has 0 unspecified atom stereocenters. The molecule has 7 heteroatoms. The number of esters is 1. The Balaban J connectivity index is 1.53. The standard InChI is InChI=1S/C26H25NO5S/c1-2-32-26(31)22-19(18-9-5-7-14-6-3-4-8-17(14)18)13-33-24(22)27-23(28)20-15-10-11-16(12-15)21(20)25(29)30/h3-9,13,15-16,20-21H,2,10-12H2,1H3,(H,27,28)(H,29,30)/t15-,16-,20-,21+/m0/s1. The van der Waals surface area contributed by atoms with Crippen molar-refractivity contribution in [1.82, 2.24) is 0 Å². The molecule has 170 valence electrons. The average Bonchev–Trinajstić information content (AvgIpc) is 3.53. The highest BCUT2D eigenvalue weighted by atomic mass is 32.1. The molecule has 0 radical (unpaired) electrons. The summed E-state index contributed by atoms with van der Waals surface area (Å²) in [5.74, 6) is -2.81. The number of carbonyl (C=O) groups is 3. The van der Waals surface area contributed by atoms with E-state index in [0.717, 1.165) is 35.6 Å². The molecule has 2 aliphatic rings. The minimum absolute atomic E-state index is 0.0577. The minimum atomic E-state index is -0.907. The van der Waals surface area contributed by atoms with Crippen molar-refractivity contribution in [3.8, 4) is 11.1 Å². The van der Waals surface area contributed by atoms with Gasteiger partial charge in [0.15, 0.2) is 0 Å². The molecule has 4 atom stereocenters. The van der Waals surface area contributed by atoms with Crippen molar-refractivity contribution >= 4 is 45.0 Å². The summed E-state index contributed by atoms with van der Waals surface area (Å²) >= 11 is 1.27. The van der Waals surface area contributed by atoms with Crippen molar-refractivity contribution in [1.29, 1.82) is 0 Å². The van der Waals surface area contributed by atoms with E-state index < -0.39 is 23.8 Å². The Morgan fingerprint density at radius 1 is 1.03 bits per heavy atom. The Morgan fingerprint density at radius 3 is 2.52 bits per heavy atom. The number of benzene rings is 2. The van der Waals surface area contributed by atoms with Crippen LogP contribution in [0.25, 0.3) is 21.9 Å².